The second-order valence-corrected chi connectivity index (χ2v) is 8.05. The Morgan fingerprint density at radius 1 is 0.611 bits per heavy atom. The number of rotatable bonds is 6. The van der Waals surface area contributed by atoms with E-state index in [-0.39, 0.29) is 22.7 Å². The monoisotopic (exact) mass is 480 g/mol. The molecule has 0 saturated carbocycles. The summed E-state index contributed by atoms with van der Waals surface area (Å²) in [5, 5.41) is 19.3. The average molecular weight is 481 g/mol. The zero-order chi connectivity index (χ0) is 26.2. The van der Waals surface area contributed by atoms with Crippen LogP contribution in [0.4, 0.5) is 0 Å². The van der Waals surface area contributed by atoms with Crippen molar-refractivity contribution in [3.63, 3.8) is 0 Å². The second kappa shape index (κ2) is 11.5. The topological polar surface area (TPSA) is 109 Å². The third-order valence-corrected chi connectivity index (χ3v) is 5.35. The van der Waals surface area contributed by atoms with Crippen molar-refractivity contribution < 1.29 is 29.4 Å². The van der Waals surface area contributed by atoms with Gasteiger partial charge in [-0.05, 0) is 60.4 Å². The van der Waals surface area contributed by atoms with Crippen LogP contribution in [0.3, 0.4) is 0 Å². The number of aliphatic hydroxyl groups is 2. The van der Waals surface area contributed by atoms with Crippen molar-refractivity contribution in [2.45, 2.75) is 13.8 Å². The summed E-state index contributed by atoms with van der Waals surface area (Å²) in [5.41, 5.74) is 2.27. The minimum atomic E-state index is -0.477. The number of benzene rings is 2. The highest BCUT2D eigenvalue weighted by molar-refractivity contribution is 6.31. The van der Waals surface area contributed by atoms with E-state index in [0.717, 1.165) is 11.1 Å². The maximum absolute atomic E-state index is 11.8. The van der Waals surface area contributed by atoms with Crippen LogP contribution in [0.1, 0.15) is 25.0 Å². The van der Waals surface area contributed by atoms with Crippen LogP contribution in [-0.2, 0) is 19.2 Å². The summed E-state index contributed by atoms with van der Waals surface area (Å²) in [6.07, 6.45) is 8.35. The Morgan fingerprint density at radius 2 is 0.944 bits per heavy atom. The lowest BCUT2D eigenvalue weighted by molar-refractivity contribution is -0.118. The van der Waals surface area contributed by atoms with Gasteiger partial charge in [-0.25, -0.2) is 0 Å². The Bertz CT molecular complexity index is 1290. The molecular weight excluding hydrogens is 456 g/mol. The van der Waals surface area contributed by atoms with Crippen molar-refractivity contribution in [2.75, 3.05) is 0 Å². The van der Waals surface area contributed by atoms with E-state index in [1.165, 1.54) is 24.3 Å². The molecule has 0 unspecified atom stereocenters. The molecule has 2 aromatic carbocycles. The van der Waals surface area contributed by atoms with Crippen molar-refractivity contribution in [3.05, 3.63) is 130 Å². The van der Waals surface area contributed by atoms with Gasteiger partial charge in [0.1, 0.15) is 22.7 Å². The smallest absolute Gasteiger partial charge is 0.193 e. The van der Waals surface area contributed by atoms with Gasteiger partial charge in [0.15, 0.2) is 23.1 Å². The van der Waals surface area contributed by atoms with Gasteiger partial charge in [-0.1, -0.05) is 72.8 Å². The van der Waals surface area contributed by atoms with Crippen molar-refractivity contribution in [1.82, 2.24) is 0 Å². The molecule has 0 heterocycles. The highest BCUT2D eigenvalue weighted by Gasteiger charge is 2.27. The van der Waals surface area contributed by atoms with Crippen molar-refractivity contribution in [2.24, 2.45) is 0 Å². The fraction of sp³-hybridized carbons (Fsp3) is 0.0667. The minimum absolute atomic E-state index is 0.153. The van der Waals surface area contributed by atoms with E-state index in [2.05, 4.69) is 0 Å². The molecule has 2 aliphatic carbocycles. The lowest BCUT2D eigenvalue weighted by Crippen LogP contribution is -2.07. The lowest BCUT2D eigenvalue weighted by Gasteiger charge is -1.97. The van der Waals surface area contributed by atoms with E-state index < -0.39 is 23.1 Å². The molecule has 6 nitrogen and oxygen atoms in total. The van der Waals surface area contributed by atoms with Crippen LogP contribution < -0.4 is 0 Å². The van der Waals surface area contributed by atoms with Gasteiger partial charge in [0, 0.05) is 0 Å². The third-order valence-electron chi connectivity index (χ3n) is 5.35. The first-order valence-corrected chi connectivity index (χ1v) is 11.1. The number of allylic oxidation sites excluding steroid dienone is 8. The molecule has 0 bridgehead atoms. The van der Waals surface area contributed by atoms with Gasteiger partial charge in [-0.3, -0.25) is 19.2 Å². The number of hydrogen-bond acceptors (Lipinski definition) is 6. The first kappa shape index (κ1) is 25.8. The molecule has 0 aliphatic heterocycles. The molecule has 0 radical (unpaired) electrons. The molecule has 2 aromatic rings. The Hall–Kier alpha value is -4.84. The maximum atomic E-state index is 11.8. The van der Waals surface area contributed by atoms with Crippen LogP contribution in [0.2, 0.25) is 0 Å². The van der Waals surface area contributed by atoms with E-state index in [9.17, 15) is 29.4 Å². The van der Waals surface area contributed by atoms with Crippen LogP contribution >= 0.6 is 0 Å². The van der Waals surface area contributed by atoms with Crippen LogP contribution in [0.25, 0.3) is 12.2 Å². The van der Waals surface area contributed by atoms with E-state index >= 15 is 0 Å². The second-order valence-electron chi connectivity index (χ2n) is 8.05. The number of hydrogen-bond donors (Lipinski definition) is 2. The van der Waals surface area contributed by atoms with Gasteiger partial charge < -0.3 is 10.2 Å². The van der Waals surface area contributed by atoms with Crippen LogP contribution in [0.15, 0.2) is 119 Å². The molecule has 0 atom stereocenters. The van der Waals surface area contributed by atoms with Gasteiger partial charge in [-0.2, -0.15) is 0 Å². The van der Waals surface area contributed by atoms with Gasteiger partial charge in [0.2, 0.25) is 0 Å². The SMILES string of the molecule is CC1=CC(=O)C(C(=O)/C=C/c2ccccc2)=C1O.CC1=CC(=O)C(C(=O)/C=C/c2ccccc2)=C1O. The summed E-state index contributed by atoms with van der Waals surface area (Å²) in [7, 11) is 0. The average Bonchev–Trinajstić information content (AvgIpc) is 3.28. The highest BCUT2D eigenvalue weighted by atomic mass is 16.3. The number of aliphatic hydroxyl groups excluding tert-OH is 2. The molecule has 36 heavy (non-hydrogen) atoms. The first-order chi connectivity index (χ1) is 17.2. The van der Waals surface area contributed by atoms with Crippen molar-refractivity contribution >= 4 is 35.3 Å². The van der Waals surface area contributed by atoms with Crippen molar-refractivity contribution in [1.29, 1.82) is 0 Å². The largest absolute Gasteiger partial charge is 0.507 e. The van der Waals surface area contributed by atoms with E-state index in [1.807, 2.05) is 60.7 Å². The number of ketones is 4. The molecule has 180 valence electrons. The maximum Gasteiger partial charge on any atom is 0.193 e. The van der Waals surface area contributed by atoms with Crippen molar-refractivity contribution in [3.8, 4) is 0 Å². The van der Waals surface area contributed by atoms with Crippen LogP contribution in [0.5, 0.6) is 0 Å². The van der Waals surface area contributed by atoms with Gasteiger partial charge in [0.25, 0.3) is 0 Å². The standard InChI is InChI=1S/2C15H12O3/c2*1-10-9-13(17)14(15(10)18)12(16)8-7-11-5-3-2-4-6-11/h2*2-9,18H,1H3/b2*8-7+. The Labute approximate surface area is 208 Å². The molecule has 0 saturated heterocycles. The van der Waals surface area contributed by atoms with Crippen LogP contribution in [0, 0.1) is 0 Å². The predicted octanol–water partition coefficient (Wildman–Crippen LogP) is 5.22. The highest BCUT2D eigenvalue weighted by Crippen LogP contribution is 2.23. The molecule has 4 rings (SSSR count). The molecule has 0 spiro atoms. The Balaban J connectivity index is 0.000000201. The van der Waals surface area contributed by atoms with E-state index in [0.29, 0.717) is 11.1 Å². The minimum Gasteiger partial charge on any atom is -0.507 e. The fourth-order valence-corrected chi connectivity index (χ4v) is 3.42. The number of carbonyl (C=O) groups excluding carboxylic acids is 4. The lowest BCUT2D eigenvalue weighted by atomic mass is 10.1. The summed E-state index contributed by atoms with van der Waals surface area (Å²) in [6.45, 7) is 3.18. The zero-order valence-electron chi connectivity index (χ0n) is 19.8. The van der Waals surface area contributed by atoms with Crippen LogP contribution in [-0.4, -0.2) is 33.3 Å². The molecule has 6 heteroatoms. The normalized spacial score (nSPS) is 15.4. The van der Waals surface area contributed by atoms with E-state index in [4.69, 9.17) is 0 Å². The summed E-state index contributed by atoms with van der Waals surface area (Å²) in [4.78, 5) is 46.7. The number of carbonyl (C=O) groups is 4. The quantitative estimate of drug-likeness (QED) is 0.433. The van der Waals surface area contributed by atoms with Gasteiger partial charge in [0.05, 0.1) is 0 Å². The summed E-state index contributed by atoms with van der Waals surface area (Å²) < 4.78 is 0. The summed E-state index contributed by atoms with van der Waals surface area (Å²) >= 11 is 0. The molecule has 0 fully saturated rings. The van der Waals surface area contributed by atoms with Gasteiger partial charge >= 0.3 is 0 Å². The predicted molar refractivity (Wildman–Crippen MR) is 138 cm³/mol. The molecular formula is C30H24O6. The zero-order valence-corrected chi connectivity index (χ0v) is 19.8. The summed E-state index contributed by atoms with van der Waals surface area (Å²) in [5.74, 6) is -2.27. The first-order valence-electron chi connectivity index (χ1n) is 11.1. The Kier molecular flexibility index (Phi) is 8.26. The van der Waals surface area contributed by atoms with Gasteiger partial charge in [-0.15, -0.1) is 0 Å². The molecule has 0 amide bonds. The third kappa shape index (κ3) is 6.18. The fourth-order valence-electron chi connectivity index (χ4n) is 3.42. The molecule has 2 N–H and O–H groups in total. The molecule has 2 aliphatic rings. The van der Waals surface area contributed by atoms with E-state index in [1.54, 1.807) is 26.0 Å². The Morgan fingerprint density at radius 3 is 1.22 bits per heavy atom. The summed E-state index contributed by atoms with van der Waals surface area (Å²) in [6, 6.07) is 18.6. The molecule has 0 aromatic heterocycles.